The number of hydrogen-bond donors (Lipinski definition) is 3. The van der Waals surface area contributed by atoms with Crippen molar-refractivity contribution in [1.82, 2.24) is 14.9 Å². The van der Waals surface area contributed by atoms with Crippen molar-refractivity contribution in [2.45, 2.75) is 12.8 Å². The van der Waals surface area contributed by atoms with Crippen LogP contribution >= 0.6 is 0 Å². The van der Waals surface area contributed by atoms with E-state index in [-0.39, 0.29) is 32.6 Å². The van der Waals surface area contributed by atoms with E-state index in [9.17, 15) is 25.0 Å². The van der Waals surface area contributed by atoms with Crippen LogP contribution < -0.4 is 16.1 Å². The van der Waals surface area contributed by atoms with E-state index in [0.29, 0.717) is 46.3 Å². The first kappa shape index (κ1) is 29.5. The first-order valence-electron chi connectivity index (χ1n) is 14.7. The van der Waals surface area contributed by atoms with Crippen molar-refractivity contribution in [3.63, 3.8) is 0 Å². The molecule has 6 rings (SSSR count). The molecule has 12 heteroatoms. The lowest BCUT2D eigenvalue weighted by Crippen LogP contribution is -2.24. The van der Waals surface area contributed by atoms with E-state index in [4.69, 9.17) is 0 Å². The Morgan fingerprint density at radius 1 is 0.756 bits per heavy atom. The number of aromatic nitrogens is 2. The minimum atomic E-state index is -0.485. The maximum absolute atomic E-state index is 13.3. The number of benzene rings is 4. The molecule has 0 aliphatic rings. The fourth-order valence-corrected chi connectivity index (χ4v) is 5.82. The van der Waals surface area contributed by atoms with E-state index in [1.54, 1.807) is 42.5 Å². The van der Waals surface area contributed by atoms with Gasteiger partial charge in [0.05, 0.1) is 32.0 Å². The van der Waals surface area contributed by atoms with Crippen molar-refractivity contribution in [3.05, 3.63) is 109 Å². The quantitative estimate of drug-likeness (QED) is 0.0618. The molecule has 45 heavy (non-hydrogen) atoms. The van der Waals surface area contributed by atoms with Gasteiger partial charge in [-0.25, -0.2) is 4.98 Å². The van der Waals surface area contributed by atoms with Crippen molar-refractivity contribution < 1.29 is 9.85 Å². The Kier molecular flexibility index (Phi) is 8.21. The van der Waals surface area contributed by atoms with Crippen LogP contribution in [0, 0.1) is 20.2 Å². The smallest absolute Gasteiger partial charge is 0.293 e. The number of non-ortho nitro benzene ring substituents is 2. The van der Waals surface area contributed by atoms with Crippen molar-refractivity contribution >= 4 is 66.4 Å². The molecule has 228 valence electrons. The number of para-hydroxylation sites is 2. The van der Waals surface area contributed by atoms with Crippen molar-refractivity contribution in [3.8, 4) is 0 Å². The zero-order valence-electron chi connectivity index (χ0n) is 24.6. The number of nitrogens with zero attached hydrogens (tertiary/aromatic N) is 4. The minimum absolute atomic E-state index is 0.0221. The molecular formula is C33H31N7O5. The van der Waals surface area contributed by atoms with Crippen LogP contribution in [0.3, 0.4) is 0 Å². The predicted molar refractivity (Wildman–Crippen MR) is 178 cm³/mol. The number of H-pyrrole nitrogens is 1. The van der Waals surface area contributed by atoms with Crippen LogP contribution in [0.2, 0.25) is 0 Å². The summed E-state index contributed by atoms with van der Waals surface area (Å²) in [6, 6.07) is 22.6. The van der Waals surface area contributed by atoms with Crippen LogP contribution in [0.25, 0.3) is 43.6 Å². The molecule has 6 aromatic rings. The van der Waals surface area contributed by atoms with Crippen molar-refractivity contribution in [2.24, 2.45) is 0 Å². The van der Waals surface area contributed by atoms with Crippen LogP contribution in [0.5, 0.6) is 0 Å². The molecule has 0 unspecified atom stereocenters. The third-order valence-corrected chi connectivity index (χ3v) is 7.97. The van der Waals surface area contributed by atoms with Crippen LogP contribution in [0.1, 0.15) is 12.8 Å². The molecule has 0 spiro atoms. The fraction of sp³-hybridized carbons (Fsp3) is 0.212. The second-order valence-corrected chi connectivity index (χ2v) is 10.9. The van der Waals surface area contributed by atoms with Gasteiger partial charge in [0.2, 0.25) is 0 Å². The molecule has 0 atom stereocenters. The zero-order chi connectivity index (χ0) is 31.5. The van der Waals surface area contributed by atoms with E-state index in [1.807, 2.05) is 31.3 Å². The Bertz CT molecular complexity index is 2150. The maximum Gasteiger partial charge on any atom is 0.293 e. The summed E-state index contributed by atoms with van der Waals surface area (Å²) in [5.41, 5.74) is 3.00. The molecule has 4 aromatic carbocycles. The zero-order valence-corrected chi connectivity index (χ0v) is 24.6. The van der Waals surface area contributed by atoms with Gasteiger partial charge in [-0.15, -0.1) is 0 Å². The topological polar surface area (TPSA) is 159 Å². The minimum Gasteiger partial charge on any atom is -0.384 e. The molecule has 0 amide bonds. The Balaban J connectivity index is 1.08. The number of pyridine rings is 2. The van der Waals surface area contributed by atoms with Crippen LogP contribution in [-0.4, -0.2) is 57.9 Å². The Morgan fingerprint density at radius 3 is 2.18 bits per heavy atom. The molecule has 12 nitrogen and oxygen atoms in total. The van der Waals surface area contributed by atoms with Crippen molar-refractivity contribution in [2.75, 3.05) is 43.9 Å². The Morgan fingerprint density at radius 2 is 1.42 bits per heavy atom. The van der Waals surface area contributed by atoms with Gasteiger partial charge in [-0.2, -0.15) is 0 Å². The Labute approximate surface area is 257 Å². The molecule has 0 radical (unpaired) electrons. The fourth-order valence-electron chi connectivity index (χ4n) is 5.82. The SMILES string of the molecule is CN(CCCNc1c2ccccc2nc2cccc([N+](=O)[O-])c12)CCCNc1ccc([N+](=O)[O-])c2[nH]c3ccccc3c(=O)c12. The lowest BCUT2D eigenvalue weighted by Gasteiger charge is -2.18. The van der Waals surface area contributed by atoms with E-state index in [0.717, 1.165) is 36.8 Å². The highest BCUT2D eigenvalue weighted by atomic mass is 16.6. The molecule has 0 bridgehead atoms. The normalized spacial score (nSPS) is 11.5. The third-order valence-electron chi connectivity index (χ3n) is 7.97. The average molecular weight is 606 g/mol. The van der Waals surface area contributed by atoms with Gasteiger partial charge in [-0.1, -0.05) is 36.4 Å². The van der Waals surface area contributed by atoms with Gasteiger partial charge in [-0.05, 0) is 63.3 Å². The number of rotatable bonds is 12. The summed E-state index contributed by atoms with van der Waals surface area (Å²) in [5, 5.41) is 32.3. The number of anilines is 2. The van der Waals surface area contributed by atoms with E-state index < -0.39 is 4.92 Å². The van der Waals surface area contributed by atoms with Crippen LogP contribution in [-0.2, 0) is 0 Å². The van der Waals surface area contributed by atoms with Gasteiger partial charge in [0, 0.05) is 47.2 Å². The third kappa shape index (κ3) is 5.83. The van der Waals surface area contributed by atoms with E-state index in [2.05, 4.69) is 25.5 Å². The molecule has 0 saturated heterocycles. The molecule has 0 aliphatic heterocycles. The molecule has 0 aliphatic carbocycles. The highest BCUT2D eigenvalue weighted by Gasteiger charge is 2.20. The van der Waals surface area contributed by atoms with Gasteiger partial charge in [0.25, 0.3) is 11.4 Å². The number of nitro benzene ring substituents is 2. The van der Waals surface area contributed by atoms with Gasteiger partial charge >= 0.3 is 0 Å². The lowest BCUT2D eigenvalue weighted by atomic mass is 10.1. The monoisotopic (exact) mass is 605 g/mol. The summed E-state index contributed by atoms with van der Waals surface area (Å²) < 4.78 is 0. The summed E-state index contributed by atoms with van der Waals surface area (Å²) in [7, 11) is 2.03. The second-order valence-electron chi connectivity index (χ2n) is 10.9. The van der Waals surface area contributed by atoms with Gasteiger partial charge in [0.1, 0.15) is 10.9 Å². The first-order valence-corrected chi connectivity index (χ1v) is 14.7. The van der Waals surface area contributed by atoms with Crippen molar-refractivity contribution in [1.29, 1.82) is 0 Å². The second kappa shape index (κ2) is 12.5. The van der Waals surface area contributed by atoms with Crippen LogP contribution in [0.15, 0.2) is 83.7 Å². The summed E-state index contributed by atoms with van der Waals surface area (Å²) in [4.78, 5) is 45.9. The summed E-state index contributed by atoms with van der Waals surface area (Å²) >= 11 is 0. The molecule has 3 N–H and O–H groups in total. The molecule has 0 fully saturated rings. The highest BCUT2D eigenvalue weighted by Crippen LogP contribution is 2.36. The molecule has 0 saturated carbocycles. The summed E-state index contributed by atoms with van der Waals surface area (Å²) in [5.74, 6) is 0. The summed E-state index contributed by atoms with van der Waals surface area (Å²) in [6.07, 6.45) is 1.58. The van der Waals surface area contributed by atoms with E-state index >= 15 is 0 Å². The number of nitrogens with one attached hydrogen (secondary N) is 3. The number of nitro groups is 2. The predicted octanol–water partition coefficient (Wildman–Crippen LogP) is 6.44. The lowest BCUT2D eigenvalue weighted by molar-refractivity contribution is -0.383. The standard InChI is InChI=1S/C33H31N7O5/c1-38(20-8-18-35-31-21-9-2-4-11-23(21)36-26-13-6-14-27(29(26)31)39(42)43)19-7-17-34-25-15-16-28(40(44)45)32-30(25)33(41)22-10-3-5-12-24(22)37-32/h2-6,9-16,34H,7-8,17-20H2,1H3,(H,35,36)(H,37,41). The highest BCUT2D eigenvalue weighted by molar-refractivity contribution is 6.11. The average Bonchev–Trinajstić information content (AvgIpc) is 3.04. The summed E-state index contributed by atoms with van der Waals surface area (Å²) in [6.45, 7) is 2.76. The van der Waals surface area contributed by atoms with Crippen LogP contribution in [0.4, 0.5) is 22.7 Å². The van der Waals surface area contributed by atoms with Gasteiger partial charge in [0.15, 0.2) is 5.43 Å². The largest absolute Gasteiger partial charge is 0.384 e. The van der Waals surface area contributed by atoms with Gasteiger partial charge in [-0.3, -0.25) is 25.0 Å². The van der Waals surface area contributed by atoms with E-state index in [1.165, 1.54) is 12.1 Å². The molecule has 2 heterocycles. The number of fused-ring (bicyclic) bond motifs is 4. The maximum atomic E-state index is 13.3. The number of aromatic amines is 1. The molecule has 2 aromatic heterocycles. The molecular weight excluding hydrogens is 574 g/mol. The number of hydrogen-bond acceptors (Lipinski definition) is 9. The first-order chi connectivity index (χ1) is 21.8. The Hall–Kier alpha value is -5.62. The van der Waals surface area contributed by atoms with Gasteiger partial charge < -0.3 is 20.5 Å².